The Morgan fingerprint density at radius 3 is 0.744 bits per heavy atom. The first-order valence-corrected chi connectivity index (χ1v) is 35.9. The lowest BCUT2D eigenvalue weighted by Crippen LogP contribution is -2.30. The highest BCUT2D eigenvalue weighted by Crippen LogP contribution is 2.18. The second kappa shape index (κ2) is 70.3. The lowest BCUT2D eigenvalue weighted by Gasteiger charge is -2.18. The molecule has 0 bridgehead atoms. The van der Waals surface area contributed by atoms with Crippen molar-refractivity contribution in [2.24, 2.45) is 0 Å². The zero-order valence-corrected chi connectivity index (χ0v) is 54.8. The molecule has 0 amide bonds. The van der Waals surface area contributed by atoms with E-state index in [0.717, 1.165) is 89.9 Å². The van der Waals surface area contributed by atoms with Crippen LogP contribution in [0.15, 0.2) is 72.9 Å². The zero-order valence-electron chi connectivity index (χ0n) is 54.8. The van der Waals surface area contributed by atoms with Crippen LogP contribution < -0.4 is 0 Å². The molecule has 0 N–H and O–H groups in total. The van der Waals surface area contributed by atoms with E-state index in [1.165, 1.54) is 244 Å². The molecule has 6 heteroatoms. The van der Waals surface area contributed by atoms with Crippen LogP contribution in [0.5, 0.6) is 0 Å². The van der Waals surface area contributed by atoms with Gasteiger partial charge in [0, 0.05) is 19.3 Å². The van der Waals surface area contributed by atoms with Crippen molar-refractivity contribution < 1.29 is 28.6 Å². The summed E-state index contributed by atoms with van der Waals surface area (Å²) in [4.78, 5) is 38.3. The van der Waals surface area contributed by atoms with Crippen LogP contribution in [-0.2, 0) is 28.6 Å². The fourth-order valence-corrected chi connectivity index (χ4v) is 10.5. The molecule has 0 heterocycles. The van der Waals surface area contributed by atoms with Crippen molar-refractivity contribution in [1.29, 1.82) is 0 Å². The van der Waals surface area contributed by atoms with Gasteiger partial charge in [0.25, 0.3) is 0 Å². The van der Waals surface area contributed by atoms with Crippen LogP contribution in [0.3, 0.4) is 0 Å². The van der Waals surface area contributed by atoms with Crippen LogP contribution >= 0.6 is 0 Å². The fraction of sp³-hybridized carbons (Fsp3) is 0.803. The normalized spacial score (nSPS) is 12.5. The highest BCUT2D eigenvalue weighted by molar-refractivity contribution is 5.71. The molecule has 1 atom stereocenters. The molecule has 6 nitrogen and oxygen atoms in total. The quantitative estimate of drug-likeness (QED) is 0.0261. The van der Waals surface area contributed by atoms with E-state index in [-0.39, 0.29) is 31.1 Å². The van der Waals surface area contributed by atoms with Crippen molar-refractivity contribution in [1.82, 2.24) is 0 Å². The van der Waals surface area contributed by atoms with Gasteiger partial charge in [-0.15, -0.1) is 0 Å². The zero-order chi connectivity index (χ0) is 59.2. The van der Waals surface area contributed by atoms with E-state index < -0.39 is 6.10 Å². The third-order valence-electron chi connectivity index (χ3n) is 15.9. The molecule has 82 heavy (non-hydrogen) atoms. The summed E-state index contributed by atoms with van der Waals surface area (Å²) in [5.41, 5.74) is 0. The molecule has 0 aliphatic heterocycles. The Bertz CT molecular complexity index is 1500. The SMILES string of the molecule is CCC/C=C\CCCCCCCC(=O)OCC(COC(=O)CCCCCCCCCCCCCCCCCC/C=C\C/C=C\C/C=C\CCCCCCC)OC(=O)CCCCCCCCCCCCC/C=C\C/C=C\CCCCCCC. The molecule has 0 aromatic carbocycles. The van der Waals surface area contributed by atoms with Crippen LogP contribution in [0.4, 0.5) is 0 Å². The molecule has 476 valence electrons. The average molecular weight is 1150 g/mol. The summed E-state index contributed by atoms with van der Waals surface area (Å²) in [5, 5.41) is 0. The van der Waals surface area contributed by atoms with Gasteiger partial charge in [-0.05, 0) is 109 Å². The number of rotatable bonds is 66. The van der Waals surface area contributed by atoms with E-state index >= 15 is 0 Å². The minimum atomic E-state index is -0.779. The summed E-state index contributed by atoms with van der Waals surface area (Å²) >= 11 is 0. The molecule has 0 spiro atoms. The number of unbranched alkanes of at least 4 members (excludes halogenated alkanes) is 43. The van der Waals surface area contributed by atoms with Gasteiger partial charge in [-0.25, -0.2) is 0 Å². The molecule has 0 rings (SSSR count). The Morgan fingerprint density at radius 1 is 0.244 bits per heavy atom. The number of esters is 3. The molecule has 0 aliphatic rings. The van der Waals surface area contributed by atoms with Gasteiger partial charge in [-0.3, -0.25) is 14.4 Å². The molecule has 1 unspecified atom stereocenters. The van der Waals surface area contributed by atoms with Crippen molar-refractivity contribution in [3.8, 4) is 0 Å². The smallest absolute Gasteiger partial charge is 0.306 e. The third kappa shape index (κ3) is 67.6. The largest absolute Gasteiger partial charge is 0.462 e. The Hall–Kier alpha value is -3.15. The van der Waals surface area contributed by atoms with Crippen molar-refractivity contribution >= 4 is 17.9 Å². The monoisotopic (exact) mass is 1150 g/mol. The maximum absolute atomic E-state index is 12.9. The molecular formula is C76H136O6. The number of hydrogen-bond acceptors (Lipinski definition) is 6. The van der Waals surface area contributed by atoms with E-state index in [9.17, 15) is 14.4 Å². The van der Waals surface area contributed by atoms with Crippen LogP contribution in [0, 0.1) is 0 Å². The first-order valence-electron chi connectivity index (χ1n) is 35.9. The number of hydrogen-bond donors (Lipinski definition) is 0. The van der Waals surface area contributed by atoms with Crippen LogP contribution in [-0.4, -0.2) is 37.2 Å². The predicted octanol–water partition coefficient (Wildman–Crippen LogP) is 24.8. The van der Waals surface area contributed by atoms with Gasteiger partial charge in [0.15, 0.2) is 6.10 Å². The maximum atomic E-state index is 12.9. The number of carbonyl (C=O) groups is 3. The molecular weight excluding hydrogens is 1010 g/mol. The lowest BCUT2D eigenvalue weighted by atomic mass is 10.0. The summed E-state index contributed by atoms with van der Waals surface area (Å²) in [6, 6.07) is 0. The summed E-state index contributed by atoms with van der Waals surface area (Å²) in [5.74, 6) is -0.870. The Kier molecular flexibility index (Phi) is 67.6. The Labute approximate surface area is 510 Å². The maximum Gasteiger partial charge on any atom is 0.306 e. The van der Waals surface area contributed by atoms with Crippen molar-refractivity contribution in [3.05, 3.63) is 72.9 Å². The highest BCUT2D eigenvalue weighted by atomic mass is 16.6. The third-order valence-corrected chi connectivity index (χ3v) is 15.9. The second-order valence-electron chi connectivity index (χ2n) is 24.1. The Morgan fingerprint density at radius 2 is 0.463 bits per heavy atom. The summed E-state index contributed by atoms with van der Waals surface area (Å²) in [6.07, 6.45) is 92.3. The predicted molar refractivity (Wildman–Crippen MR) is 358 cm³/mol. The summed E-state index contributed by atoms with van der Waals surface area (Å²) in [7, 11) is 0. The van der Waals surface area contributed by atoms with Gasteiger partial charge in [0.2, 0.25) is 0 Å². The summed E-state index contributed by atoms with van der Waals surface area (Å²) < 4.78 is 16.9. The molecule has 0 aromatic heterocycles. The van der Waals surface area contributed by atoms with Gasteiger partial charge >= 0.3 is 17.9 Å². The number of allylic oxidation sites excluding steroid dienone is 12. The number of carbonyl (C=O) groups excluding carboxylic acids is 3. The van der Waals surface area contributed by atoms with Crippen LogP contribution in [0.2, 0.25) is 0 Å². The van der Waals surface area contributed by atoms with Gasteiger partial charge in [-0.2, -0.15) is 0 Å². The molecule has 0 fully saturated rings. The number of ether oxygens (including phenoxy) is 3. The highest BCUT2D eigenvalue weighted by Gasteiger charge is 2.19. The van der Waals surface area contributed by atoms with E-state index in [1.54, 1.807) is 0 Å². The van der Waals surface area contributed by atoms with Crippen molar-refractivity contribution in [3.63, 3.8) is 0 Å². The van der Waals surface area contributed by atoms with E-state index in [2.05, 4.69) is 93.7 Å². The van der Waals surface area contributed by atoms with Gasteiger partial charge in [0.1, 0.15) is 13.2 Å². The standard InChI is InChI=1S/C76H136O6/c1-4-7-10-13-16-19-22-24-26-28-30-32-34-35-36-37-38-39-40-41-43-44-46-48-50-52-54-57-60-63-66-69-75(78)81-72-73(71-80-74(77)68-65-62-59-56-21-18-15-12-9-6-3)82-76(79)70-67-64-61-58-55-53-51-49-47-45-42-33-31-29-27-25-23-20-17-14-11-8-5-2/h12,15,22-25,28-31,34-35,73H,4-11,13-14,16-21,26-27,32-33,36-72H2,1-3H3/b15-12-,24-22-,25-23-,30-28-,31-29-,35-34-. The molecule has 0 saturated carbocycles. The fourth-order valence-electron chi connectivity index (χ4n) is 10.5. The van der Waals surface area contributed by atoms with E-state index in [1.807, 2.05) is 0 Å². The minimum Gasteiger partial charge on any atom is -0.462 e. The van der Waals surface area contributed by atoms with E-state index in [0.29, 0.717) is 19.3 Å². The minimum absolute atomic E-state index is 0.0758. The van der Waals surface area contributed by atoms with Gasteiger partial charge in [-0.1, -0.05) is 318 Å². The van der Waals surface area contributed by atoms with Crippen molar-refractivity contribution in [2.45, 2.75) is 380 Å². The Balaban J connectivity index is 4.14. The molecule has 0 aromatic rings. The van der Waals surface area contributed by atoms with Crippen molar-refractivity contribution in [2.75, 3.05) is 13.2 Å². The molecule has 0 radical (unpaired) electrons. The van der Waals surface area contributed by atoms with Crippen LogP contribution in [0.25, 0.3) is 0 Å². The van der Waals surface area contributed by atoms with Gasteiger partial charge in [0.05, 0.1) is 0 Å². The van der Waals surface area contributed by atoms with E-state index in [4.69, 9.17) is 14.2 Å². The first-order chi connectivity index (χ1) is 40.5. The summed E-state index contributed by atoms with van der Waals surface area (Å²) in [6.45, 7) is 6.60. The van der Waals surface area contributed by atoms with Crippen LogP contribution in [0.1, 0.15) is 374 Å². The topological polar surface area (TPSA) is 78.9 Å². The van der Waals surface area contributed by atoms with Gasteiger partial charge < -0.3 is 14.2 Å². The molecule has 0 saturated heterocycles. The first kappa shape index (κ1) is 78.8. The average Bonchev–Trinajstić information content (AvgIpc) is 3.48. The second-order valence-corrected chi connectivity index (χ2v) is 24.1. The molecule has 0 aliphatic carbocycles. The lowest BCUT2D eigenvalue weighted by molar-refractivity contribution is -0.167.